The maximum Gasteiger partial charge on any atom is 0.150 e. The van der Waals surface area contributed by atoms with Crippen molar-refractivity contribution in [3.05, 3.63) is 75.5 Å². The molecule has 0 radical (unpaired) electrons. The number of nitrogens with two attached hydrogens (primary N) is 1. The molecule has 4 nitrogen and oxygen atoms in total. The number of halogens is 2. The number of hydrogen-bond acceptors (Lipinski definition) is 4. The first-order valence-corrected chi connectivity index (χ1v) is 8.44. The molecule has 126 valence electrons. The van der Waals surface area contributed by atoms with E-state index in [-0.39, 0.29) is 0 Å². The van der Waals surface area contributed by atoms with E-state index in [1.807, 2.05) is 30.3 Å². The highest BCUT2D eigenvalue weighted by molar-refractivity contribution is 6.35. The summed E-state index contributed by atoms with van der Waals surface area (Å²) in [6, 6.07) is 12.6. The first-order valence-electron chi connectivity index (χ1n) is 7.68. The average molecular weight is 372 g/mol. The highest BCUT2D eigenvalue weighted by atomic mass is 35.5. The largest absolute Gasteiger partial charge is 0.382 e. The van der Waals surface area contributed by atoms with Gasteiger partial charge in [0.05, 0.1) is 17.6 Å². The van der Waals surface area contributed by atoms with Gasteiger partial charge in [-0.2, -0.15) is 0 Å². The van der Waals surface area contributed by atoms with Crippen LogP contribution in [0.5, 0.6) is 0 Å². The minimum atomic E-state index is 0.386. The zero-order valence-corrected chi connectivity index (χ0v) is 14.8. The number of anilines is 1. The van der Waals surface area contributed by atoms with E-state index in [1.165, 1.54) is 0 Å². The predicted octanol–water partition coefficient (Wildman–Crippen LogP) is 4.63. The highest BCUT2D eigenvalue weighted by Crippen LogP contribution is 2.26. The second-order valence-electron chi connectivity index (χ2n) is 5.53. The van der Waals surface area contributed by atoms with E-state index in [0.29, 0.717) is 45.7 Å². The number of aryl methyl sites for hydroxylation is 1. The number of rotatable bonds is 5. The lowest BCUT2D eigenvalue weighted by molar-refractivity contribution is 0.112. The van der Waals surface area contributed by atoms with Gasteiger partial charge in [-0.05, 0) is 30.5 Å². The van der Waals surface area contributed by atoms with Crippen molar-refractivity contribution in [1.29, 1.82) is 0 Å². The molecule has 25 heavy (non-hydrogen) atoms. The maximum absolute atomic E-state index is 10.8. The van der Waals surface area contributed by atoms with Crippen LogP contribution in [-0.2, 0) is 12.8 Å². The monoisotopic (exact) mass is 371 g/mol. The van der Waals surface area contributed by atoms with Crippen LogP contribution in [0.3, 0.4) is 0 Å². The van der Waals surface area contributed by atoms with Crippen LogP contribution in [-0.4, -0.2) is 16.3 Å². The molecule has 2 N–H and O–H groups in total. The smallest absolute Gasteiger partial charge is 0.150 e. The van der Waals surface area contributed by atoms with Crippen molar-refractivity contribution in [2.24, 2.45) is 0 Å². The third-order valence-electron chi connectivity index (χ3n) is 3.89. The fraction of sp³-hybridized carbons (Fsp3) is 0.105. The van der Waals surface area contributed by atoms with Crippen molar-refractivity contribution in [3.63, 3.8) is 0 Å². The van der Waals surface area contributed by atoms with Gasteiger partial charge in [-0.1, -0.05) is 53.5 Å². The first kappa shape index (κ1) is 17.4. The van der Waals surface area contributed by atoms with Crippen LogP contribution < -0.4 is 5.73 Å². The van der Waals surface area contributed by atoms with Crippen LogP contribution in [0.1, 0.15) is 21.6 Å². The van der Waals surface area contributed by atoms with Gasteiger partial charge in [-0.25, -0.2) is 9.97 Å². The van der Waals surface area contributed by atoms with Crippen molar-refractivity contribution < 1.29 is 4.79 Å². The number of aldehydes is 1. The molecule has 0 fully saturated rings. The molecule has 0 bridgehead atoms. The van der Waals surface area contributed by atoms with Gasteiger partial charge < -0.3 is 5.73 Å². The number of nitrogen functional groups attached to an aromatic ring is 1. The van der Waals surface area contributed by atoms with E-state index in [0.717, 1.165) is 17.4 Å². The summed E-state index contributed by atoms with van der Waals surface area (Å²) in [5.41, 5.74) is 9.71. The van der Waals surface area contributed by atoms with E-state index in [4.69, 9.17) is 28.9 Å². The van der Waals surface area contributed by atoms with E-state index in [2.05, 4.69) is 9.97 Å². The van der Waals surface area contributed by atoms with Crippen LogP contribution in [0.4, 0.5) is 5.82 Å². The molecule has 1 aromatic heterocycles. The quantitative estimate of drug-likeness (QED) is 0.663. The van der Waals surface area contributed by atoms with Crippen LogP contribution in [0.25, 0.3) is 11.3 Å². The number of nitrogens with zero attached hydrogens (tertiary/aromatic N) is 2. The van der Waals surface area contributed by atoms with E-state index < -0.39 is 0 Å². The lowest BCUT2D eigenvalue weighted by Crippen LogP contribution is -2.04. The molecule has 1 heterocycles. The van der Waals surface area contributed by atoms with E-state index in [9.17, 15) is 4.79 Å². The van der Waals surface area contributed by atoms with Crippen LogP contribution >= 0.6 is 23.2 Å². The Balaban J connectivity index is 1.85. The fourth-order valence-electron chi connectivity index (χ4n) is 2.51. The van der Waals surface area contributed by atoms with Gasteiger partial charge in [0, 0.05) is 21.2 Å². The molecule has 0 saturated heterocycles. The SMILES string of the molecule is Nc1ncc(-c2ccc(C=O)cc2)nc1CCc1c(Cl)cccc1Cl. The summed E-state index contributed by atoms with van der Waals surface area (Å²) < 4.78 is 0. The molecular formula is C19H15Cl2N3O. The molecule has 3 rings (SSSR count). The molecule has 0 atom stereocenters. The normalized spacial score (nSPS) is 10.6. The number of carbonyl (C=O) groups is 1. The summed E-state index contributed by atoms with van der Waals surface area (Å²) in [6.45, 7) is 0. The second kappa shape index (κ2) is 7.64. The minimum absolute atomic E-state index is 0.386. The molecule has 2 aromatic carbocycles. The standard InChI is InChI=1S/C19H15Cl2N3O/c20-15-2-1-3-16(21)14(15)8-9-17-19(22)23-10-18(24-17)13-6-4-12(11-25)5-7-13/h1-7,10-11H,8-9H2,(H2,22,23). The number of carbonyl (C=O) groups excluding carboxylic acids is 1. The first-order chi connectivity index (χ1) is 12.1. The van der Waals surface area contributed by atoms with Gasteiger partial charge in [0.15, 0.2) is 0 Å². The van der Waals surface area contributed by atoms with Crippen molar-refractivity contribution in [2.45, 2.75) is 12.8 Å². The number of benzene rings is 2. The molecule has 0 saturated carbocycles. The zero-order chi connectivity index (χ0) is 17.8. The summed E-state index contributed by atoms with van der Waals surface area (Å²) in [4.78, 5) is 19.6. The molecule has 0 aliphatic heterocycles. The van der Waals surface area contributed by atoms with Gasteiger partial charge in [-0.3, -0.25) is 4.79 Å². The van der Waals surface area contributed by atoms with Crippen molar-refractivity contribution in [1.82, 2.24) is 9.97 Å². The summed E-state index contributed by atoms with van der Waals surface area (Å²) >= 11 is 12.4. The summed E-state index contributed by atoms with van der Waals surface area (Å²) in [5.74, 6) is 0.386. The Labute approximate surface area is 155 Å². The molecule has 6 heteroatoms. The molecule has 0 aliphatic rings. The van der Waals surface area contributed by atoms with Gasteiger partial charge in [0.2, 0.25) is 0 Å². The van der Waals surface area contributed by atoms with E-state index in [1.54, 1.807) is 18.3 Å². The van der Waals surface area contributed by atoms with Crippen molar-refractivity contribution >= 4 is 35.3 Å². The van der Waals surface area contributed by atoms with Crippen LogP contribution in [0.2, 0.25) is 10.0 Å². The number of hydrogen-bond donors (Lipinski definition) is 1. The van der Waals surface area contributed by atoms with Gasteiger partial charge in [0.1, 0.15) is 12.1 Å². The number of aromatic nitrogens is 2. The third-order valence-corrected chi connectivity index (χ3v) is 4.60. The molecule has 0 amide bonds. The van der Waals surface area contributed by atoms with Gasteiger partial charge in [-0.15, -0.1) is 0 Å². The van der Waals surface area contributed by atoms with Crippen LogP contribution in [0, 0.1) is 0 Å². The molecule has 0 aliphatic carbocycles. The van der Waals surface area contributed by atoms with Crippen molar-refractivity contribution in [2.75, 3.05) is 5.73 Å². The lowest BCUT2D eigenvalue weighted by Gasteiger charge is -2.09. The summed E-state index contributed by atoms with van der Waals surface area (Å²) in [5, 5.41) is 1.25. The van der Waals surface area contributed by atoms with Crippen molar-refractivity contribution in [3.8, 4) is 11.3 Å². The Hall–Kier alpha value is -2.43. The zero-order valence-electron chi connectivity index (χ0n) is 13.2. The Morgan fingerprint density at radius 1 is 1.00 bits per heavy atom. The highest BCUT2D eigenvalue weighted by Gasteiger charge is 2.10. The maximum atomic E-state index is 10.8. The van der Waals surface area contributed by atoms with Gasteiger partial charge in [0.25, 0.3) is 0 Å². The Morgan fingerprint density at radius 3 is 2.32 bits per heavy atom. The molecular weight excluding hydrogens is 357 g/mol. The molecule has 0 unspecified atom stereocenters. The van der Waals surface area contributed by atoms with Gasteiger partial charge >= 0.3 is 0 Å². The lowest BCUT2D eigenvalue weighted by atomic mass is 10.1. The van der Waals surface area contributed by atoms with E-state index >= 15 is 0 Å². The Morgan fingerprint density at radius 2 is 1.68 bits per heavy atom. The Bertz CT molecular complexity index is 891. The fourth-order valence-corrected chi connectivity index (χ4v) is 3.09. The third kappa shape index (κ3) is 3.98. The second-order valence-corrected chi connectivity index (χ2v) is 6.34. The topological polar surface area (TPSA) is 68.9 Å². The molecule has 0 spiro atoms. The van der Waals surface area contributed by atoms with Crippen LogP contribution in [0.15, 0.2) is 48.7 Å². The minimum Gasteiger partial charge on any atom is -0.382 e. The average Bonchev–Trinajstić information content (AvgIpc) is 2.63. The predicted molar refractivity (Wildman–Crippen MR) is 101 cm³/mol. The summed E-state index contributed by atoms with van der Waals surface area (Å²) in [6.07, 6.45) is 3.61. The summed E-state index contributed by atoms with van der Waals surface area (Å²) in [7, 11) is 0. The Kier molecular flexibility index (Phi) is 5.31. The molecule has 3 aromatic rings.